The molecule has 1 aliphatic heterocycles. The molecule has 1 amide bonds. The van der Waals surface area contributed by atoms with Crippen molar-refractivity contribution in [3.05, 3.63) is 0 Å². The molecule has 0 radical (unpaired) electrons. The second kappa shape index (κ2) is 7.41. The van der Waals surface area contributed by atoms with Crippen molar-refractivity contribution in [2.75, 3.05) is 19.6 Å². The molecule has 2 aliphatic rings. The average Bonchev–Trinajstić information content (AvgIpc) is 2.43. The molecule has 4 nitrogen and oxygen atoms in total. The Hall–Kier alpha value is -0.610. The van der Waals surface area contributed by atoms with Gasteiger partial charge in [0.05, 0.1) is 6.54 Å². The Labute approximate surface area is 123 Å². The highest BCUT2D eigenvalue weighted by Crippen LogP contribution is 2.24. The lowest BCUT2D eigenvalue weighted by Gasteiger charge is -2.38. The van der Waals surface area contributed by atoms with Gasteiger partial charge in [0.15, 0.2) is 0 Å². The van der Waals surface area contributed by atoms with Crippen LogP contribution in [0.5, 0.6) is 0 Å². The summed E-state index contributed by atoms with van der Waals surface area (Å²) in [4.78, 5) is 14.6. The van der Waals surface area contributed by atoms with Crippen LogP contribution in [0.4, 0.5) is 0 Å². The van der Waals surface area contributed by atoms with Crippen LogP contribution in [-0.4, -0.2) is 42.5 Å². The van der Waals surface area contributed by atoms with Gasteiger partial charge in [-0.05, 0) is 44.1 Å². The van der Waals surface area contributed by atoms with E-state index in [2.05, 4.69) is 24.1 Å². The lowest BCUT2D eigenvalue weighted by molar-refractivity contribution is -0.124. The number of nitrogens with one attached hydrogen (secondary N) is 1. The van der Waals surface area contributed by atoms with Crippen molar-refractivity contribution in [2.45, 2.75) is 64.5 Å². The lowest BCUT2D eigenvalue weighted by atomic mass is 9.86. The van der Waals surface area contributed by atoms with Gasteiger partial charge in [0.25, 0.3) is 0 Å². The van der Waals surface area contributed by atoms with Crippen molar-refractivity contribution in [2.24, 2.45) is 17.6 Å². The van der Waals surface area contributed by atoms with Crippen molar-refractivity contribution in [3.8, 4) is 0 Å². The molecular formula is C16H31N3O. The molecule has 3 N–H and O–H groups in total. The SMILES string of the molecule is CC1CCN(CC(=O)NC2CCCCC2C)C(CN)C1. The zero-order valence-corrected chi connectivity index (χ0v) is 13.1. The van der Waals surface area contributed by atoms with Gasteiger partial charge in [0.2, 0.25) is 5.91 Å². The Morgan fingerprint density at radius 3 is 2.70 bits per heavy atom. The first-order valence-corrected chi connectivity index (χ1v) is 8.33. The second-order valence-corrected chi connectivity index (χ2v) is 6.93. The summed E-state index contributed by atoms with van der Waals surface area (Å²) in [7, 11) is 0. The van der Waals surface area contributed by atoms with E-state index in [0.717, 1.165) is 25.3 Å². The molecule has 0 spiro atoms. The summed E-state index contributed by atoms with van der Waals surface area (Å²) in [6.07, 6.45) is 7.27. The Bertz CT molecular complexity index is 321. The third kappa shape index (κ3) is 4.19. The fourth-order valence-electron chi connectivity index (χ4n) is 3.72. The molecule has 116 valence electrons. The van der Waals surface area contributed by atoms with Gasteiger partial charge >= 0.3 is 0 Å². The number of carbonyl (C=O) groups excluding carboxylic acids is 1. The topological polar surface area (TPSA) is 58.4 Å². The molecule has 4 unspecified atom stereocenters. The van der Waals surface area contributed by atoms with Crippen molar-refractivity contribution in [3.63, 3.8) is 0 Å². The van der Waals surface area contributed by atoms with Gasteiger partial charge in [-0.25, -0.2) is 0 Å². The zero-order chi connectivity index (χ0) is 14.5. The molecule has 4 atom stereocenters. The van der Waals surface area contributed by atoms with Crippen LogP contribution in [-0.2, 0) is 4.79 Å². The number of amides is 1. The average molecular weight is 281 g/mol. The van der Waals surface area contributed by atoms with Gasteiger partial charge in [0, 0.05) is 18.6 Å². The van der Waals surface area contributed by atoms with E-state index in [4.69, 9.17) is 5.73 Å². The Balaban J connectivity index is 1.81. The van der Waals surface area contributed by atoms with Crippen LogP contribution in [0.25, 0.3) is 0 Å². The zero-order valence-electron chi connectivity index (χ0n) is 13.1. The third-order valence-corrected chi connectivity index (χ3v) is 5.18. The van der Waals surface area contributed by atoms with Crippen molar-refractivity contribution < 1.29 is 4.79 Å². The van der Waals surface area contributed by atoms with Crippen LogP contribution < -0.4 is 11.1 Å². The lowest BCUT2D eigenvalue weighted by Crippen LogP contribution is -2.52. The highest BCUT2D eigenvalue weighted by molar-refractivity contribution is 5.78. The molecule has 1 saturated heterocycles. The Morgan fingerprint density at radius 1 is 1.25 bits per heavy atom. The van der Waals surface area contributed by atoms with E-state index in [9.17, 15) is 4.79 Å². The number of likely N-dealkylation sites (tertiary alicyclic amines) is 1. The van der Waals surface area contributed by atoms with Crippen LogP contribution in [0.2, 0.25) is 0 Å². The summed E-state index contributed by atoms with van der Waals surface area (Å²) in [5.74, 6) is 1.55. The number of rotatable bonds is 4. The van der Waals surface area contributed by atoms with Crippen molar-refractivity contribution >= 4 is 5.91 Å². The highest BCUT2D eigenvalue weighted by atomic mass is 16.2. The minimum Gasteiger partial charge on any atom is -0.352 e. The number of piperidine rings is 1. The summed E-state index contributed by atoms with van der Waals surface area (Å²) < 4.78 is 0. The van der Waals surface area contributed by atoms with E-state index in [1.165, 1.54) is 25.7 Å². The summed E-state index contributed by atoms with van der Waals surface area (Å²) in [6.45, 7) is 6.74. The van der Waals surface area contributed by atoms with Crippen LogP contribution >= 0.6 is 0 Å². The fourth-order valence-corrected chi connectivity index (χ4v) is 3.72. The first-order valence-electron chi connectivity index (χ1n) is 8.33. The van der Waals surface area contributed by atoms with Gasteiger partial charge < -0.3 is 11.1 Å². The van der Waals surface area contributed by atoms with E-state index in [1.807, 2.05) is 0 Å². The fraction of sp³-hybridized carbons (Fsp3) is 0.938. The number of hydrogen-bond donors (Lipinski definition) is 2. The van der Waals surface area contributed by atoms with Crippen molar-refractivity contribution in [1.29, 1.82) is 0 Å². The van der Waals surface area contributed by atoms with Gasteiger partial charge in [-0.3, -0.25) is 9.69 Å². The summed E-state index contributed by atoms with van der Waals surface area (Å²) in [5.41, 5.74) is 5.86. The van der Waals surface area contributed by atoms with E-state index in [-0.39, 0.29) is 5.91 Å². The molecule has 20 heavy (non-hydrogen) atoms. The summed E-state index contributed by atoms with van der Waals surface area (Å²) in [5, 5.41) is 3.25. The van der Waals surface area contributed by atoms with Crippen LogP contribution in [0.15, 0.2) is 0 Å². The standard InChI is InChI=1S/C16H31N3O/c1-12-7-8-19(14(9-12)10-17)11-16(20)18-15-6-4-3-5-13(15)2/h12-15H,3-11,17H2,1-2H3,(H,18,20). The number of nitrogens with zero attached hydrogens (tertiary/aromatic N) is 1. The molecule has 0 aromatic heterocycles. The van der Waals surface area contributed by atoms with E-state index < -0.39 is 0 Å². The first kappa shape index (κ1) is 15.8. The molecule has 0 bridgehead atoms. The predicted octanol–water partition coefficient (Wildman–Crippen LogP) is 1.74. The van der Waals surface area contributed by atoms with Crippen LogP contribution in [0.3, 0.4) is 0 Å². The maximum Gasteiger partial charge on any atom is 0.234 e. The third-order valence-electron chi connectivity index (χ3n) is 5.18. The maximum absolute atomic E-state index is 12.3. The molecule has 4 heteroatoms. The minimum atomic E-state index is 0.191. The second-order valence-electron chi connectivity index (χ2n) is 6.93. The van der Waals surface area contributed by atoms with Gasteiger partial charge in [-0.1, -0.05) is 26.7 Å². The largest absolute Gasteiger partial charge is 0.352 e. The van der Waals surface area contributed by atoms with Gasteiger partial charge in [-0.2, -0.15) is 0 Å². The van der Waals surface area contributed by atoms with E-state index in [0.29, 0.717) is 31.1 Å². The molecule has 1 heterocycles. The molecule has 2 rings (SSSR count). The molecule has 2 fully saturated rings. The van der Waals surface area contributed by atoms with Gasteiger partial charge in [-0.15, -0.1) is 0 Å². The number of carbonyl (C=O) groups is 1. The number of nitrogens with two attached hydrogens (primary N) is 1. The van der Waals surface area contributed by atoms with Crippen molar-refractivity contribution in [1.82, 2.24) is 10.2 Å². The van der Waals surface area contributed by atoms with E-state index >= 15 is 0 Å². The Morgan fingerprint density at radius 2 is 2.00 bits per heavy atom. The first-order chi connectivity index (χ1) is 9.60. The summed E-state index contributed by atoms with van der Waals surface area (Å²) in [6, 6.07) is 0.768. The normalized spacial score (nSPS) is 35.8. The summed E-state index contributed by atoms with van der Waals surface area (Å²) >= 11 is 0. The quantitative estimate of drug-likeness (QED) is 0.825. The van der Waals surface area contributed by atoms with Crippen LogP contribution in [0.1, 0.15) is 52.4 Å². The highest BCUT2D eigenvalue weighted by Gasteiger charge is 2.28. The minimum absolute atomic E-state index is 0.191. The molecule has 1 aliphatic carbocycles. The Kier molecular flexibility index (Phi) is 5.85. The molecular weight excluding hydrogens is 250 g/mol. The predicted molar refractivity (Wildman–Crippen MR) is 82.4 cm³/mol. The van der Waals surface area contributed by atoms with Crippen LogP contribution in [0, 0.1) is 11.8 Å². The number of hydrogen-bond acceptors (Lipinski definition) is 3. The van der Waals surface area contributed by atoms with Gasteiger partial charge in [0.1, 0.15) is 0 Å². The maximum atomic E-state index is 12.3. The molecule has 0 aromatic carbocycles. The smallest absolute Gasteiger partial charge is 0.234 e. The monoisotopic (exact) mass is 281 g/mol. The molecule has 0 aromatic rings. The van der Waals surface area contributed by atoms with E-state index in [1.54, 1.807) is 0 Å². The molecule has 1 saturated carbocycles.